The van der Waals surface area contributed by atoms with E-state index in [9.17, 15) is 29.4 Å². The lowest BCUT2D eigenvalue weighted by atomic mass is 10.0. The Morgan fingerprint density at radius 1 is 0.853 bits per heavy atom. The van der Waals surface area contributed by atoms with Crippen molar-refractivity contribution in [2.75, 3.05) is 0 Å². The number of aliphatic hydroxyl groups is 1. The van der Waals surface area contributed by atoms with Crippen LogP contribution in [0.2, 0.25) is 0 Å². The normalized spacial score (nSPS) is 15.7. The molecule has 10 heteroatoms. The predicted octanol–water partition coefficient (Wildman–Crippen LogP) is 0.178. The van der Waals surface area contributed by atoms with Crippen molar-refractivity contribution in [2.24, 2.45) is 17.6 Å². The number of benzene rings is 1. The summed E-state index contributed by atoms with van der Waals surface area (Å²) in [6.07, 6.45) is -0.792. The first-order valence-corrected chi connectivity index (χ1v) is 11.4. The molecule has 5 unspecified atom stereocenters. The molecule has 1 rings (SSSR count). The van der Waals surface area contributed by atoms with Gasteiger partial charge in [0.15, 0.2) is 0 Å². The molecule has 0 aliphatic heterocycles. The van der Waals surface area contributed by atoms with Crippen molar-refractivity contribution in [3.63, 3.8) is 0 Å². The Hall–Kier alpha value is -2.98. The third-order valence-electron chi connectivity index (χ3n) is 5.27. The van der Waals surface area contributed by atoms with Gasteiger partial charge < -0.3 is 31.9 Å². The summed E-state index contributed by atoms with van der Waals surface area (Å²) in [6.45, 7) is 8.46. The maximum Gasteiger partial charge on any atom is 0.326 e. The molecule has 7 N–H and O–H groups in total. The lowest BCUT2D eigenvalue weighted by molar-refractivity contribution is -0.143. The van der Waals surface area contributed by atoms with Gasteiger partial charge in [-0.2, -0.15) is 0 Å². The van der Waals surface area contributed by atoms with Crippen molar-refractivity contribution in [2.45, 2.75) is 77.7 Å². The van der Waals surface area contributed by atoms with Crippen LogP contribution in [0.4, 0.5) is 0 Å². The minimum atomic E-state index is -1.35. The van der Waals surface area contributed by atoms with E-state index in [-0.39, 0.29) is 18.3 Å². The van der Waals surface area contributed by atoms with Gasteiger partial charge in [0.25, 0.3) is 0 Å². The fourth-order valence-electron chi connectivity index (χ4n) is 3.37. The zero-order valence-corrected chi connectivity index (χ0v) is 20.4. The van der Waals surface area contributed by atoms with Gasteiger partial charge in [0.05, 0.1) is 12.1 Å². The summed E-state index contributed by atoms with van der Waals surface area (Å²) in [4.78, 5) is 50.0. The molecule has 0 aromatic heterocycles. The van der Waals surface area contributed by atoms with Crippen LogP contribution in [0.3, 0.4) is 0 Å². The second-order valence-electron chi connectivity index (χ2n) is 9.28. The van der Waals surface area contributed by atoms with Crippen molar-refractivity contribution in [1.82, 2.24) is 16.0 Å². The summed E-state index contributed by atoms with van der Waals surface area (Å²) >= 11 is 0. The zero-order chi connectivity index (χ0) is 26.0. The van der Waals surface area contributed by atoms with Crippen molar-refractivity contribution < 1.29 is 29.4 Å². The van der Waals surface area contributed by atoms with E-state index in [4.69, 9.17) is 5.73 Å². The van der Waals surface area contributed by atoms with E-state index < -0.39 is 54.0 Å². The summed E-state index contributed by atoms with van der Waals surface area (Å²) in [5.41, 5.74) is 6.62. The van der Waals surface area contributed by atoms with Gasteiger partial charge in [-0.05, 0) is 30.7 Å². The number of nitrogens with one attached hydrogen (secondary N) is 3. The van der Waals surface area contributed by atoms with Gasteiger partial charge >= 0.3 is 5.97 Å². The number of aliphatic hydroxyl groups excluding tert-OH is 1. The molecule has 10 nitrogen and oxygen atoms in total. The molecule has 0 aliphatic carbocycles. The first kappa shape index (κ1) is 29.1. The third-order valence-corrected chi connectivity index (χ3v) is 5.27. The van der Waals surface area contributed by atoms with Crippen molar-refractivity contribution in [1.29, 1.82) is 0 Å². The first-order chi connectivity index (χ1) is 15.8. The van der Waals surface area contributed by atoms with E-state index in [1.54, 1.807) is 44.2 Å². The quantitative estimate of drug-likeness (QED) is 0.235. The molecule has 0 saturated carbocycles. The standard InChI is InChI=1S/C24H38N4O6/c1-13(2)11-17(25)21(30)28-20(15(5)29)23(32)26-18(12-16-9-7-6-8-10-16)22(31)27-19(14(3)4)24(33)34/h6-10,13-15,17-20,29H,11-12,25H2,1-5H3,(H,26,32)(H,27,31)(H,28,30)(H,33,34). The van der Waals surface area contributed by atoms with E-state index in [1.807, 2.05) is 13.8 Å². The highest BCUT2D eigenvalue weighted by molar-refractivity contribution is 5.94. The summed E-state index contributed by atoms with van der Waals surface area (Å²) in [6, 6.07) is 4.38. The summed E-state index contributed by atoms with van der Waals surface area (Å²) in [5, 5.41) is 27.0. The van der Waals surface area contributed by atoms with Crippen LogP contribution in [0.1, 0.15) is 46.6 Å². The molecular formula is C24H38N4O6. The van der Waals surface area contributed by atoms with Crippen molar-refractivity contribution in [3.05, 3.63) is 35.9 Å². The van der Waals surface area contributed by atoms with E-state index >= 15 is 0 Å². The second-order valence-corrected chi connectivity index (χ2v) is 9.28. The number of hydrogen-bond acceptors (Lipinski definition) is 6. The molecule has 0 aliphatic rings. The molecule has 0 bridgehead atoms. The third kappa shape index (κ3) is 9.48. The maximum absolute atomic E-state index is 13.0. The number of rotatable bonds is 13. The average molecular weight is 479 g/mol. The average Bonchev–Trinajstić information content (AvgIpc) is 2.74. The minimum Gasteiger partial charge on any atom is -0.480 e. The molecule has 5 atom stereocenters. The van der Waals surface area contributed by atoms with Crippen LogP contribution in [0, 0.1) is 11.8 Å². The van der Waals surface area contributed by atoms with Crippen LogP contribution >= 0.6 is 0 Å². The Morgan fingerprint density at radius 2 is 1.41 bits per heavy atom. The topological polar surface area (TPSA) is 171 Å². The molecule has 190 valence electrons. The van der Waals surface area contributed by atoms with Crippen LogP contribution in [-0.4, -0.2) is 64.2 Å². The molecule has 0 spiro atoms. The van der Waals surface area contributed by atoms with Crippen LogP contribution in [0.5, 0.6) is 0 Å². The first-order valence-electron chi connectivity index (χ1n) is 11.4. The Morgan fingerprint density at radius 3 is 1.88 bits per heavy atom. The molecule has 0 heterocycles. The fraction of sp³-hybridized carbons (Fsp3) is 0.583. The number of nitrogens with two attached hydrogens (primary N) is 1. The molecule has 0 fully saturated rings. The van der Waals surface area contributed by atoms with E-state index in [1.165, 1.54) is 6.92 Å². The monoisotopic (exact) mass is 478 g/mol. The van der Waals surface area contributed by atoms with Gasteiger partial charge in [0, 0.05) is 6.42 Å². The van der Waals surface area contributed by atoms with Gasteiger partial charge in [0.2, 0.25) is 17.7 Å². The molecule has 3 amide bonds. The number of hydrogen-bond donors (Lipinski definition) is 6. The Balaban J connectivity index is 3.08. The predicted molar refractivity (Wildman–Crippen MR) is 128 cm³/mol. The number of aliphatic carboxylic acids is 1. The Kier molecular flexibility index (Phi) is 11.7. The van der Waals surface area contributed by atoms with Crippen LogP contribution in [0.15, 0.2) is 30.3 Å². The Labute approximate surface area is 200 Å². The van der Waals surface area contributed by atoms with Crippen molar-refractivity contribution in [3.8, 4) is 0 Å². The maximum atomic E-state index is 13.0. The molecule has 0 radical (unpaired) electrons. The fourth-order valence-corrected chi connectivity index (χ4v) is 3.37. The lowest BCUT2D eigenvalue weighted by Gasteiger charge is -2.27. The zero-order valence-electron chi connectivity index (χ0n) is 20.4. The van der Waals surface area contributed by atoms with Gasteiger partial charge in [-0.3, -0.25) is 14.4 Å². The van der Waals surface area contributed by atoms with Gasteiger partial charge in [0.1, 0.15) is 18.1 Å². The highest BCUT2D eigenvalue weighted by atomic mass is 16.4. The molecule has 1 aromatic carbocycles. The van der Waals surface area contributed by atoms with Gasteiger partial charge in [-0.15, -0.1) is 0 Å². The summed E-state index contributed by atoms with van der Waals surface area (Å²) in [7, 11) is 0. The second kappa shape index (κ2) is 13.7. The highest BCUT2D eigenvalue weighted by Crippen LogP contribution is 2.08. The number of amides is 3. The van der Waals surface area contributed by atoms with E-state index in [0.717, 1.165) is 5.56 Å². The lowest BCUT2D eigenvalue weighted by Crippen LogP contribution is -2.60. The van der Waals surface area contributed by atoms with Gasteiger partial charge in [-0.1, -0.05) is 58.0 Å². The molecule has 0 saturated heterocycles. The van der Waals surface area contributed by atoms with Crippen molar-refractivity contribution >= 4 is 23.7 Å². The van der Waals surface area contributed by atoms with Crippen LogP contribution < -0.4 is 21.7 Å². The molecular weight excluding hydrogens is 440 g/mol. The number of carbonyl (C=O) groups excluding carboxylic acids is 3. The summed E-state index contributed by atoms with van der Waals surface area (Å²) in [5.74, 6) is -3.49. The largest absolute Gasteiger partial charge is 0.480 e. The van der Waals surface area contributed by atoms with Gasteiger partial charge in [-0.25, -0.2) is 4.79 Å². The van der Waals surface area contributed by atoms with E-state index in [0.29, 0.717) is 6.42 Å². The SMILES string of the molecule is CC(C)CC(N)C(=O)NC(C(=O)NC(Cc1ccccc1)C(=O)NC(C(=O)O)C(C)C)C(C)O. The number of carboxylic acid groups (broad SMARTS) is 1. The number of carboxylic acids is 1. The minimum absolute atomic E-state index is 0.0796. The smallest absolute Gasteiger partial charge is 0.326 e. The Bertz CT molecular complexity index is 828. The van der Waals surface area contributed by atoms with E-state index in [2.05, 4.69) is 16.0 Å². The van der Waals surface area contributed by atoms with Crippen LogP contribution in [-0.2, 0) is 25.6 Å². The molecule has 1 aromatic rings. The van der Waals surface area contributed by atoms with Crippen LogP contribution in [0.25, 0.3) is 0 Å². The summed E-state index contributed by atoms with van der Waals surface area (Å²) < 4.78 is 0. The molecule has 34 heavy (non-hydrogen) atoms. The highest BCUT2D eigenvalue weighted by Gasteiger charge is 2.33. The number of carbonyl (C=O) groups is 4.